The van der Waals surface area contributed by atoms with Gasteiger partial charge in [0.25, 0.3) is 5.91 Å². The highest BCUT2D eigenvalue weighted by Crippen LogP contribution is 2.19. The molecule has 0 saturated heterocycles. The minimum Gasteiger partial charge on any atom is -0.478 e. The number of hydrogen-bond acceptors (Lipinski definition) is 2. The normalized spacial score (nSPS) is 11.8. The highest BCUT2D eigenvalue weighted by atomic mass is 19.1. The fraction of sp³-hybridized carbons (Fsp3) is 0.133. The number of amides is 1. The predicted molar refractivity (Wildman–Crippen MR) is 71.5 cm³/mol. The van der Waals surface area contributed by atoms with Crippen LogP contribution < -0.4 is 10.1 Å². The fourth-order valence-corrected chi connectivity index (χ4v) is 1.61. The minimum atomic E-state index is -1.05. The summed E-state index contributed by atoms with van der Waals surface area (Å²) in [5.74, 6) is -3.02. The minimum absolute atomic E-state index is 0.0836. The molecule has 110 valence electrons. The molecule has 0 aliphatic heterocycles. The van der Waals surface area contributed by atoms with Gasteiger partial charge in [-0.25, -0.2) is 13.2 Å². The Labute approximate surface area is 119 Å². The molecule has 3 nitrogen and oxygen atoms in total. The molecule has 2 aromatic carbocycles. The molecule has 2 aromatic rings. The average Bonchev–Trinajstić information content (AvgIpc) is 2.44. The van der Waals surface area contributed by atoms with Crippen LogP contribution in [0.25, 0.3) is 0 Å². The number of halogens is 3. The molecule has 0 radical (unpaired) electrons. The molecule has 6 heteroatoms. The standard InChI is InChI=1S/C15H12F3NO2/c1-9(21-14-5-3-2-4-11(14)17)15(20)19-13-7-6-10(16)8-12(13)18/h2-9H,1H3,(H,19,20)/t9-/m0/s1. The van der Waals surface area contributed by atoms with Crippen molar-refractivity contribution < 1.29 is 22.7 Å². The second-order valence-electron chi connectivity index (χ2n) is 4.30. The summed E-state index contributed by atoms with van der Waals surface area (Å²) in [6, 6.07) is 8.37. The van der Waals surface area contributed by atoms with Gasteiger partial charge in [0.05, 0.1) is 5.69 Å². The van der Waals surface area contributed by atoms with Gasteiger partial charge in [0, 0.05) is 6.07 Å². The smallest absolute Gasteiger partial charge is 0.265 e. The van der Waals surface area contributed by atoms with Gasteiger partial charge in [0.1, 0.15) is 11.6 Å². The van der Waals surface area contributed by atoms with Gasteiger partial charge in [-0.1, -0.05) is 12.1 Å². The second-order valence-corrected chi connectivity index (χ2v) is 4.30. The van der Waals surface area contributed by atoms with Crippen LogP contribution >= 0.6 is 0 Å². The quantitative estimate of drug-likeness (QED) is 0.937. The number of para-hydroxylation sites is 1. The van der Waals surface area contributed by atoms with Gasteiger partial charge >= 0.3 is 0 Å². The highest BCUT2D eigenvalue weighted by molar-refractivity contribution is 5.94. The molecule has 1 N–H and O–H groups in total. The van der Waals surface area contributed by atoms with E-state index < -0.39 is 29.5 Å². The SMILES string of the molecule is C[C@H](Oc1ccccc1F)C(=O)Nc1ccc(F)cc1F. The maximum atomic E-state index is 13.4. The van der Waals surface area contributed by atoms with Crippen LogP contribution in [0, 0.1) is 17.5 Å². The number of rotatable bonds is 4. The highest BCUT2D eigenvalue weighted by Gasteiger charge is 2.18. The van der Waals surface area contributed by atoms with Crippen molar-refractivity contribution in [3.8, 4) is 5.75 Å². The van der Waals surface area contributed by atoms with Crippen LogP contribution in [0.4, 0.5) is 18.9 Å². The lowest BCUT2D eigenvalue weighted by Crippen LogP contribution is -2.30. The topological polar surface area (TPSA) is 38.3 Å². The van der Waals surface area contributed by atoms with Gasteiger partial charge in [-0.2, -0.15) is 0 Å². The molecule has 0 fully saturated rings. The van der Waals surface area contributed by atoms with Crippen molar-refractivity contribution in [3.63, 3.8) is 0 Å². The Kier molecular flexibility index (Phi) is 4.47. The molecule has 0 aliphatic carbocycles. The molecular weight excluding hydrogens is 283 g/mol. The van der Waals surface area contributed by atoms with Crippen molar-refractivity contribution in [3.05, 3.63) is 59.9 Å². The largest absolute Gasteiger partial charge is 0.478 e. The number of hydrogen-bond donors (Lipinski definition) is 1. The third-order valence-electron chi connectivity index (χ3n) is 2.70. The number of carbonyl (C=O) groups excluding carboxylic acids is 1. The zero-order chi connectivity index (χ0) is 15.4. The van der Waals surface area contributed by atoms with E-state index in [0.717, 1.165) is 12.1 Å². The summed E-state index contributed by atoms with van der Waals surface area (Å²) < 4.78 is 44.7. The summed E-state index contributed by atoms with van der Waals surface area (Å²) in [5.41, 5.74) is -0.176. The van der Waals surface area contributed by atoms with Crippen LogP contribution in [0.15, 0.2) is 42.5 Å². The van der Waals surface area contributed by atoms with Gasteiger partial charge in [-0.3, -0.25) is 4.79 Å². The lowest BCUT2D eigenvalue weighted by atomic mass is 10.2. The zero-order valence-electron chi connectivity index (χ0n) is 11.1. The lowest BCUT2D eigenvalue weighted by molar-refractivity contribution is -0.122. The van der Waals surface area contributed by atoms with E-state index >= 15 is 0 Å². The van der Waals surface area contributed by atoms with Crippen molar-refractivity contribution in [2.45, 2.75) is 13.0 Å². The van der Waals surface area contributed by atoms with E-state index in [2.05, 4.69) is 5.32 Å². The maximum absolute atomic E-state index is 13.4. The fourth-order valence-electron chi connectivity index (χ4n) is 1.61. The van der Waals surface area contributed by atoms with Crippen molar-refractivity contribution >= 4 is 11.6 Å². The zero-order valence-corrected chi connectivity index (χ0v) is 11.1. The molecule has 1 atom stereocenters. The Balaban J connectivity index is 2.04. The van der Waals surface area contributed by atoms with Gasteiger partial charge in [-0.05, 0) is 31.2 Å². The number of anilines is 1. The maximum Gasteiger partial charge on any atom is 0.265 e. The third kappa shape index (κ3) is 3.75. The van der Waals surface area contributed by atoms with Gasteiger partial charge in [0.15, 0.2) is 17.7 Å². The molecule has 0 spiro atoms. The second kappa shape index (κ2) is 6.30. The molecule has 21 heavy (non-hydrogen) atoms. The first-order valence-electron chi connectivity index (χ1n) is 6.14. The molecule has 2 rings (SSSR count). The first-order chi connectivity index (χ1) is 9.97. The lowest BCUT2D eigenvalue weighted by Gasteiger charge is -2.15. The van der Waals surface area contributed by atoms with E-state index in [1.54, 1.807) is 6.07 Å². The van der Waals surface area contributed by atoms with E-state index in [-0.39, 0.29) is 11.4 Å². The molecular formula is C15H12F3NO2. The molecule has 0 bridgehead atoms. The third-order valence-corrected chi connectivity index (χ3v) is 2.70. The molecule has 0 unspecified atom stereocenters. The van der Waals surface area contributed by atoms with Crippen LogP contribution in [0.3, 0.4) is 0 Å². The molecule has 0 aromatic heterocycles. The van der Waals surface area contributed by atoms with Crippen molar-refractivity contribution in [2.75, 3.05) is 5.32 Å². The van der Waals surface area contributed by atoms with Crippen LogP contribution in [0.5, 0.6) is 5.75 Å². The van der Waals surface area contributed by atoms with Gasteiger partial charge in [-0.15, -0.1) is 0 Å². The number of carbonyl (C=O) groups is 1. The van der Waals surface area contributed by atoms with Gasteiger partial charge < -0.3 is 10.1 Å². The van der Waals surface area contributed by atoms with Crippen molar-refractivity contribution in [1.29, 1.82) is 0 Å². The Bertz CT molecular complexity index is 661. The average molecular weight is 295 g/mol. The van der Waals surface area contributed by atoms with Crippen molar-refractivity contribution in [1.82, 2.24) is 0 Å². The summed E-state index contributed by atoms with van der Waals surface area (Å²) in [6.45, 7) is 1.39. The Morgan fingerprint density at radius 2 is 1.81 bits per heavy atom. The van der Waals surface area contributed by atoms with E-state index in [9.17, 15) is 18.0 Å². The van der Waals surface area contributed by atoms with E-state index in [1.165, 1.54) is 25.1 Å². The molecule has 1 amide bonds. The Hall–Kier alpha value is -2.50. The van der Waals surface area contributed by atoms with Gasteiger partial charge in [0.2, 0.25) is 0 Å². The monoisotopic (exact) mass is 295 g/mol. The number of nitrogens with one attached hydrogen (secondary N) is 1. The first-order valence-corrected chi connectivity index (χ1v) is 6.14. The summed E-state index contributed by atoms with van der Waals surface area (Å²) in [7, 11) is 0. The summed E-state index contributed by atoms with van der Waals surface area (Å²) >= 11 is 0. The number of ether oxygens (including phenoxy) is 1. The molecule has 0 heterocycles. The number of benzene rings is 2. The van der Waals surface area contributed by atoms with Crippen LogP contribution in [-0.4, -0.2) is 12.0 Å². The first kappa shape index (κ1) is 14.9. The van der Waals surface area contributed by atoms with Crippen LogP contribution in [0.2, 0.25) is 0 Å². The predicted octanol–water partition coefficient (Wildman–Crippen LogP) is 3.51. The van der Waals surface area contributed by atoms with E-state index in [1.807, 2.05) is 0 Å². The van der Waals surface area contributed by atoms with Crippen molar-refractivity contribution in [2.24, 2.45) is 0 Å². The molecule has 0 aliphatic rings. The van der Waals surface area contributed by atoms with Crippen LogP contribution in [0.1, 0.15) is 6.92 Å². The Morgan fingerprint density at radius 1 is 1.10 bits per heavy atom. The summed E-state index contributed by atoms with van der Waals surface area (Å²) in [4.78, 5) is 11.8. The summed E-state index contributed by atoms with van der Waals surface area (Å²) in [6.07, 6.45) is -1.05. The Morgan fingerprint density at radius 3 is 2.48 bits per heavy atom. The van der Waals surface area contributed by atoms with E-state index in [4.69, 9.17) is 4.74 Å². The van der Waals surface area contributed by atoms with Crippen LogP contribution in [-0.2, 0) is 4.79 Å². The van der Waals surface area contributed by atoms with E-state index in [0.29, 0.717) is 6.07 Å². The molecule has 0 saturated carbocycles. The summed E-state index contributed by atoms with van der Waals surface area (Å²) in [5, 5.41) is 2.25.